The third-order valence-corrected chi connectivity index (χ3v) is 6.73. The Labute approximate surface area is 227 Å². The SMILES string of the molecule is CCOC(=O)/C=C(\c1cccc(C)c1)n1ccc2cc(OCCc3ccc4c(n3)N(C(=O)O)CCC4)ccc21. The van der Waals surface area contributed by atoms with E-state index < -0.39 is 12.1 Å². The first-order valence-electron chi connectivity index (χ1n) is 13.1. The molecular formula is C31H31N3O5. The van der Waals surface area contributed by atoms with E-state index in [9.17, 15) is 14.7 Å². The van der Waals surface area contributed by atoms with Crippen molar-refractivity contribution in [3.8, 4) is 5.75 Å². The van der Waals surface area contributed by atoms with Crippen molar-refractivity contribution < 1.29 is 24.2 Å². The first kappa shape index (κ1) is 26.0. The van der Waals surface area contributed by atoms with Gasteiger partial charge in [-0.1, -0.05) is 29.8 Å². The summed E-state index contributed by atoms with van der Waals surface area (Å²) in [6.07, 6.45) is 4.69. The molecule has 2 aromatic carbocycles. The maximum atomic E-state index is 12.4. The van der Waals surface area contributed by atoms with Crippen LogP contribution >= 0.6 is 0 Å². The number of fused-ring (bicyclic) bond motifs is 2. The number of carbonyl (C=O) groups excluding carboxylic acids is 1. The fourth-order valence-electron chi connectivity index (χ4n) is 4.89. The van der Waals surface area contributed by atoms with E-state index in [4.69, 9.17) is 9.47 Å². The zero-order valence-electron chi connectivity index (χ0n) is 22.1. The lowest BCUT2D eigenvalue weighted by molar-refractivity contribution is -0.137. The highest BCUT2D eigenvalue weighted by atomic mass is 16.5. The molecule has 0 aliphatic carbocycles. The molecule has 8 nitrogen and oxygen atoms in total. The predicted molar refractivity (Wildman–Crippen MR) is 150 cm³/mol. The zero-order chi connectivity index (χ0) is 27.4. The third kappa shape index (κ3) is 5.80. The maximum absolute atomic E-state index is 12.4. The van der Waals surface area contributed by atoms with Gasteiger partial charge < -0.3 is 19.1 Å². The number of ether oxygens (including phenoxy) is 2. The number of anilines is 1. The van der Waals surface area contributed by atoms with Gasteiger partial charge in [0, 0.05) is 36.3 Å². The molecule has 0 bridgehead atoms. The summed E-state index contributed by atoms with van der Waals surface area (Å²) in [5.41, 5.74) is 5.43. The van der Waals surface area contributed by atoms with Crippen LogP contribution in [0, 0.1) is 6.92 Å². The predicted octanol–water partition coefficient (Wildman–Crippen LogP) is 5.85. The van der Waals surface area contributed by atoms with E-state index in [2.05, 4.69) is 4.98 Å². The van der Waals surface area contributed by atoms with E-state index in [0.29, 0.717) is 32.0 Å². The molecule has 1 aliphatic rings. The van der Waals surface area contributed by atoms with Crippen LogP contribution in [0.2, 0.25) is 0 Å². The van der Waals surface area contributed by atoms with Crippen molar-refractivity contribution in [2.24, 2.45) is 0 Å². The number of amides is 1. The molecule has 0 atom stereocenters. The lowest BCUT2D eigenvalue weighted by Crippen LogP contribution is -2.35. The number of hydrogen-bond donors (Lipinski definition) is 1. The van der Waals surface area contributed by atoms with E-state index >= 15 is 0 Å². The van der Waals surface area contributed by atoms with Gasteiger partial charge in [0.05, 0.1) is 24.4 Å². The molecule has 8 heteroatoms. The number of nitrogens with zero attached hydrogens (tertiary/aromatic N) is 3. The molecule has 200 valence electrons. The third-order valence-electron chi connectivity index (χ3n) is 6.73. The van der Waals surface area contributed by atoms with Gasteiger partial charge in [-0.15, -0.1) is 0 Å². The molecule has 2 aromatic heterocycles. The number of pyridine rings is 1. The number of aromatic nitrogens is 2. The molecule has 39 heavy (non-hydrogen) atoms. The van der Waals surface area contributed by atoms with Crippen molar-refractivity contribution in [1.29, 1.82) is 0 Å². The van der Waals surface area contributed by atoms with Crippen molar-refractivity contribution >= 4 is 34.5 Å². The Morgan fingerprint density at radius 3 is 2.77 bits per heavy atom. The largest absolute Gasteiger partial charge is 0.493 e. The van der Waals surface area contributed by atoms with Crippen LogP contribution in [0.5, 0.6) is 5.75 Å². The molecule has 1 N–H and O–H groups in total. The summed E-state index contributed by atoms with van der Waals surface area (Å²) in [5.74, 6) is 0.865. The smallest absolute Gasteiger partial charge is 0.413 e. The molecule has 1 aliphatic heterocycles. The fourth-order valence-corrected chi connectivity index (χ4v) is 4.89. The van der Waals surface area contributed by atoms with Gasteiger partial charge in [0.1, 0.15) is 11.6 Å². The van der Waals surface area contributed by atoms with Gasteiger partial charge in [-0.25, -0.2) is 14.6 Å². The Bertz CT molecular complexity index is 1560. The van der Waals surface area contributed by atoms with E-state index in [-0.39, 0.29) is 0 Å². The molecule has 0 radical (unpaired) electrons. The second-order valence-electron chi connectivity index (χ2n) is 9.48. The van der Waals surface area contributed by atoms with Crippen LogP contribution < -0.4 is 9.64 Å². The van der Waals surface area contributed by atoms with Crippen LogP contribution in [0.15, 0.2) is 72.9 Å². The topological polar surface area (TPSA) is 93.9 Å². The number of aryl methyl sites for hydroxylation is 2. The van der Waals surface area contributed by atoms with Gasteiger partial charge in [-0.2, -0.15) is 0 Å². The van der Waals surface area contributed by atoms with Crippen LogP contribution in [-0.2, 0) is 22.4 Å². The van der Waals surface area contributed by atoms with Gasteiger partial charge in [0.2, 0.25) is 0 Å². The minimum Gasteiger partial charge on any atom is -0.493 e. The second kappa shape index (κ2) is 11.4. The Balaban J connectivity index is 1.33. The minimum absolute atomic E-state index is 0.308. The molecule has 3 heterocycles. The van der Waals surface area contributed by atoms with Crippen molar-refractivity contribution in [1.82, 2.24) is 9.55 Å². The lowest BCUT2D eigenvalue weighted by Gasteiger charge is -2.26. The highest BCUT2D eigenvalue weighted by Crippen LogP contribution is 2.29. The Morgan fingerprint density at radius 1 is 1.10 bits per heavy atom. The lowest BCUT2D eigenvalue weighted by atomic mass is 10.1. The average Bonchev–Trinajstić information content (AvgIpc) is 3.34. The molecule has 0 saturated carbocycles. The first-order valence-corrected chi connectivity index (χ1v) is 13.1. The number of esters is 1. The summed E-state index contributed by atoms with van der Waals surface area (Å²) >= 11 is 0. The van der Waals surface area contributed by atoms with Gasteiger partial charge in [-0.3, -0.25) is 4.90 Å². The van der Waals surface area contributed by atoms with Crippen LogP contribution in [0.3, 0.4) is 0 Å². The Kier molecular flexibility index (Phi) is 7.63. The quantitative estimate of drug-likeness (QED) is 0.229. The van der Waals surface area contributed by atoms with Crippen LogP contribution in [0.4, 0.5) is 10.6 Å². The van der Waals surface area contributed by atoms with Crippen LogP contribution in [0.25, 0.3) is 16.6 Å². The molecule has 4 aromatic rings. The molecule has 0 saturated heterocycles. The van der Waals surface area contributed by atoms with Crippen molar-refractivity contribution in [2.45, 2.75) is 33.1 Å². The number of rotatable bonds is 8. The molecule has 1 amide bonds. The normalized spacial score (nSPS) is 13.3. The molecule has 5 rings (SSSR count). The van der Waals surface area contributed by atoms with E-state index in [0.717, 1.165) is 57.6 Å². The second-order valence-corrected chi connectivity index (χ2v) is 9.48. The average molecular weight is 526 g/mol. The van der Waals surface area contributed by atoms with Gasteiger partial charge >= 0.3 is 12.1 Å². The number of carbonyl (C=O) groups is 2. The standard InChI is InChI=1S/C31H31N3O5/c1-3-38-29(35)20-28(23-7-4-6-21(2)18-23)33-16-13-24-19-26(11-12-27(24)33)39-17-14-25-10-9-22-8-5-15-34(31(36)37)30(22)32-25/h4,6-7,9-13,16,18-20H,3,5,8,14-15,17H2,1-2H3,(H,36,37)/b28-20+. The Morgan fingerprint density at radius 2 is 1.97 bits per heavy atom. The van der Waals surface area contributed by atoms with E-state index in [1.165, 1.54) is 11.0 Å². The number of hydrogen-bond acceptors (Lipinski definition) is 5. The maximum Gasteiger partial charge on any atom is 0.413 e. The van der Waals surface area contributed by atoms with Gasteiger partial charge in [0.25, 0.3) is 0 Å². The fraction of sp³-hybridized carbons (Fsp3) is 0.258. The summed E-state index contributed by atoms with van der Waals surface area (Å²) in [7, 11) is 0. The van der Waals surface area contributed by atoms with Crippen molar-refractivity contribution in [3.05, 3.63) is 95.3 Å². The van der Waals surface area contributed by atoms with E-state index in [1.54, 1.807) is 6.92 Å². The Hall–Kier alpha value is -4.59. The summed E-state index contributed by atoms with van der Waals surface area (Å²) in [5, 5.41) is 10.5. The monoisotopic (exact) mass is 525 g/mol. The van der Waals surface area contributed by atoms with Crippen molar-refractivity contribution in [2.75, 3.05) is 24.7 Å². The number of benzene rings is 2. The van der Waals surface area contributed by atoms with Crippen molar-refractivity contribution in [3.63, 3.8) is 0 Å². The van der Waals surface area contributed by atoms with E-state index in [1.807, 2.05) is 78.4 Å². The summed E-state index contributed by atoms with van der Waals surface area (Å²) in [6.45, 7) is 4.99. The van der Waals surface area contributed by atoms with Crippen LogP contribution in [0.1, 0.15) is 35.7 Å². The molecular weight excluding hydrogens is 494 g/mol. The summed E-state index contributed by atoms with van der Waals surface area (Å²) in [4.78, 5) is 29.9. The summed E-state index contributed by atoms with van der Waals surface area (Å²) in [6, 6.07) is 19.8. The van der Waals surface area contributed by atoms with Crippen LogP contribution in [-0.4, -0.2) is 46.5 Å². The molecule has 0 spiro atoms. The zero-order valence-corrected chi connectivity index (χ0v) is 22.1. The highest BCUT2D eigenvalue weighted by molar-refractivity contribution is 5.95. The molecule has 0 fully saturated rings. The van der Waals surface area contributed by atoms with Gasteiger partial charge in [-0.05, 0) is 74.2 Å². The number of carboxylic acid groups (broad SMARTS) is 1. The molecule has 0 unspecified atom stereocenters. The minimum atomic E-state index is -0.972. The highest BCUT2D eigenvalue weighted by Gasteiger charge is 2.23. The first-order chi connectivity index (χ1) is 18.9. The summed E-state index contributed by atoms with van der Waals surface area (Å²) < 4.78 is 13.2. The van der Waals surface area contributed by atoms with Gasteiger partial charge in [0.15, 0.2) is 0 Å².